The first-order valence-electron chi connectivity index (χ1n) is 7.37. The third-order valence-electron chi connectivity index (χ3n) is 3.75. The van der Waals surface area contributed by atoms with Crippen molar-refractivity contribution in [3.63, 3.8) is 0 Å². The maximum Gasteiger partial charge on any atom is 0.243 e. The summed E-state index contributed by atoms with van der Waals surface area (Å²) in [6.07, 6.45) is 3.15. The second-order valence-corrected chi connectivity index (χ2v) is 7.28. The molecule has 2 rings (SSSR count). The fraction of sp³-hybridized carbons (Fsp3) is 0.500. The van der Waals surface area contributed by atoms with E-state index >= 15 is 0 Å². The van der Waals surface area contributed by atoms with Crippen LogP contribution in [0.15, 0.2) is 29.2 Å². The zero-order chi connectivity index (χ0) is 15.3. The maximum atomic E-state index is 12.7. The summed E-state index contributed by atoms with van der Waals surface area (Å²) in [7, 11) is -3.40. The highest BCUT2D eigenvalue weighted by atomic mass is 32.2. The summed E-state index contributed by atoms with van der Waals surface area (Å²) in [5.41, 5.74) is 6.03. The molecular formula is C16H22N2O2S. The molecule has 0 bridgehead atoms. The smallest absolute Gasteiger partial charge is 0.243 e. The van der Waals surface area contributed by atoms with E-state index < -0.39 is 10.0 Å². The van der Waals surface area contributed by atoms with Crippen LogP contribution in [0.5, 0.6) is 0 Å². The van der Waals surface area contributed by atoms with Crippen molar-refractivity contribution in [2.24, 2.45) is 11.7 Å². The van der Waals surface area contributed by atoms with Gasteiger partial charge in [0.2, 0.25) is 10.0 Å². The topological polar surface area (TPSA) is 63.4 Å². The molecule has 1 aliphatic rings. The Morgan fingerprint density at radius 1 is 1.43 bits per heavy atom. The Balaban J connectivity index is 2.20. The van der Waals surface area contributed by atoms with Crippen molar-refractivity contribution in [1.82, 2.24) is 4.31 Å². The van der Waals surface area contributed by atoms with Gasteiger partial charge >= 0.3 is 0 Å². The van der Waals surface area contributed by atoms with Crippen LogP contribution in [0.1, 0.15) is 31.7 Å². The average Bonchev–Trinajstić information content (AvgIpc) is 2.95. The predicted molar refractivity (Wildman–Crippen MR) is 84.1 cm³/mol. The number of hydrogen-bond acceptors (Lipinski definition) is 3. The lowest BCUT2D eigenvalue weighted by Crippen LogP contribution is -2.28. The molecule has 0 amide bonds. The van der Waals surface area contributed by atoms with Crippen LogP contribution < -0.4 is 5.73 Å². The van der Waals surface area contributed by atoms with Crippen LogP contribution in [0.4, 0.5) is 0 Å². The summed E-state index contributed by atoms with van der Waals surface area (Å²) in [4.78, 5) is 0.323. The lowest BCUT2D eigenvalue weighted by molar-refractivity contribution is 0.444. The van der Waals surface area contributed by atoms with Crippen LogP contribution in [-0.4, -0.2) is 32.4 Å². The fourth-order valence-electron chi connectivity index (χ4n) is 2.70. The Kier molecular flexibility index (Phi) is 5.40. The molecule has 2 N–H and O–H groups in total. The molecule has 0 aromatic heterocycles. The molecule has 21 heavy (non-hydrogen) atoms. The van der Waals surface area contributed by atoms with E-state index in [1.807, 2.05) is 0 Å². The predicted octanol–water partition coefficient (Wildman–Crippen LogP) is 1.81. The molecule has 1 saturated heterocycles. The lowest BCUT2D eigenvalue weighted by Gasteiger charge is -2.16. The van der Waals surface area contributed by atoms with Crippen LogP contribution in [0.2, 0.25) is 0 Å². The highest BCUT2D eigenvalue weighted by molar-refractivity contribution is 7.89. The van der Waals surface area contributed by atoms with E-state index in [4.69, 9.17) is 5.73 Å². The molecule has 4 nitrogen and oxygen atoms in total. The molecule has 1 aliphatic heterocycles. The van der Waals surface area contributed by atoms with Crippen molar-refractivity contribution in [3.8, 4) is 11.8 Å². The number of nitrogens with zero attached hydrogens (tertiary/aromatic N) is 1. The van der Waals surface area contributed by atoms with E-state index in [0.717, 1.165) is 19.3 Å². The third-order valence-corrected chi connectivity index (χ3v) is 5.61. The van der Waals surface area contributed by atoms with E-state index in [9.17, 15) is 8.42 Å². The van der Waals surface area contributed by atoms with Gasteiger partial charge in [0.05, 0.1) is 11.4 Å². The van der Waals surface area contributed by atoms with Crippen molar-refractivity contribution < 1.29 is 8.42 Å². The van der Waals surface area contributed by atoms with Crippen molar-refractivity contribution in [2.45, 2.75) is 31.1 Å². The molecule has 1 aromatic rings. The van der Waals surface area contributed by atoms with Crippen molar-refractivity contribution >= 4 is 10.0 Å². The van der Waals surface area contributed by atoms with Crippen LogP contribution in [0.25, 0.3) is 0 Å². The molecule has 0 saturated carbocycles. The fourth-order valence-corrected chi connectivity index (χ4v) is 4.27. The SMILES string of the molecule is CCCC1CCN(S(=O)(=O)c2cccc(C#CCN)c2)C1. The first-order chi connectivity index (χ1) is 10.1. The first kappa shape index (κ1) is 16.0. The number of nitrogens with two attached hydrogens (primary N) is 1. The monoisotopic (exact) mass is 306 g/mol. The zero-order valence-corrected chi connectivity index (χ0v) is 13.2. The summed E-state index contributed by atoms with van der Waals surface area (Å²) in [6, 6.07) is 6.79. The minimum atomic E-state index is -3.40. The normalized spacial score (nSPS) is 19.2. The highest BCUT2D eigenvalue weighted by Crippen LogP contribution is 2.27. The largest absolute Gasteiger partial charge is 0.320 e. The molecular weight excluding hydrogens is 284 g/mol. The molecule has 0 radical (unpaired) electrons. The summed E-state index contributed by atoms with van der Waals surface area (Å²) < 4.78 is 26.9. The van der Waals surface area contributed by atoms with Gasteiger partial charge in [0.1, 0.15) is 0 Å². The molecule has 1 atom stereocenters. The Morgan fingerprint density at radius 2 is 2.24 bits per heavy atom. The van der Waals surface area contributed by atoms with Gasteiger partial charge < -0.3 is 5.73 Å². The summed E-state index contributed by atoms with van der Waals surface area (Å²) in [6.45, 7) is 3.65. The molecule has 0 aliphatic carbocycles. The van der Waals surface area contributed by atoms with E-state index in [1.54, 1.807) is 28.6 Å². The first-order valence-corrected chi connectivity index (χ1v) is 8.81. The molecule has 1 heterocycles. The molecule has 1 aromatic carbocycles. The lowest BCUT2D eigenvalue weighted by atomic mass is 10.0. The molecule has 1 fully saturated rings. The van der Waals surface area contributed by atoms with Crippen LogP contribution in [0, 0.1) is 17.8 Å². The van der Waals surface area contributed by atoms with Crippen molar-refractivity contribution in [1.29, 1.82) is 0 Å². The van der Waals surface area contributed by atoms with Crippen LogP contribution in [0.3, 0.4) is 0 Å². The van der Waals surface area contributed by atoms with E-state index in [1.165, 1.54) is 0 Å². The van der Waals surface area contributed by atoms with Gasteiger partial charge in [-0.1, -0.05) is 31.3 Å². The molecule has 114 valence electrons. The zero-order valence-electron chi connectivity index (χ0n) is 12.4. The van der Waals surface area contributed by atoms with Gasteiger partial charge in [-0.2, -0.15) is 4.31 Å². The molecule has 0 spiro atoms. The second kappa shape index (κ2) is 7.08. The van der Waals surface area contributed by atoms with Gasteiger partial charge in [0.25, 0.3) is 0 Å². The van der Waals surface area contributed by atoms with Gasteiger partial charge in [-0.25, -0.2) is 8.42 Å². The van der Waals surface area contributed by atoms with Crippen LogP contribution >= 0.6 is 0 Å². The van der Waals surface area contributed by atoms with Crippen LogP contribution in [-0.2, 0) is 10.0 Å². The molecule has 1 unspecified atom stereocenters. The van der Waals surface area contributed by atoms with Crippen molar-refractivity contribution in [3.05, 3.63) is 29.8 Å². The van der Waals surface area contributed by atoms with E-state index in [-0.39, 0.29) is 6.54 Å². The quantitative estimate of drug-likeness (QED) is 0.863. The summed E-state index contributed by atoms with van der Waals surface area (Å²) in [5, 5.41) is 0. The number of rotatable bonds is 4. The van der Waals surface area contributed by atoms with Gasteiger partial charge in [-0.3, -0.25) is 0 Å². The minimum Gasteiger partial charge on any atom is -0.320 e. The summed E-state index contributed by atoms with van der Waals surface area (Å²) >= 11 is 0. The minimum absolute atomic E-state index is 0.266. The number of hydrogen-bond donors (Lipinski definition) is 1. The molecule has 5 heteroatoms. The number of benzene rings is 1. The Bertz CT molecular complexity index is 644. The average molecular weight is 306 g/mol. The highest BCUT2D eigenvalue weighted by Gasteiger charge is 2.31. The van der Waals surface area contributed by atoms with Gasteiger partial charge in [0, 0.05) is 18.7 Å². The van der Waals surface area contributed by atoms with Crippen molar-refractivity contribution in [2.75, 3.05) is 19.6 Å². The third kappa shape index (κ3) is 3.85. The van der Waals surface area contributed by atoms with E-state index in [0.29, 0.717) is 29.5 Å². The number of sulfonamides is 1. The van der Waals surface area contributed by atoms with Gasteiger partial charge in [-0.15, -0.1) is 0 Å². The Hall–Kier alpha value is -1.35. The standard InChI is InChI=1S/C16H22N2O2S/c1-2-5-15-9-11-18(13-15)21(19,20)16-8-3-6-14(12-16)7-4-10-17/h3,6,8,12,15H,2,5,9-11,13,17H2,1H3. The van der Waals surface area contributed by atoms with Gasteiger partial charge in [-0.05, 0) is 37.0 Å². The maximum absolute atomic E-state index is 12.7. The summed E-state index contributed by atoms with van der Waals surface area (Å²) in [5.74, 6) is 6.12. The Morgan fingerprint density at radius 3 is 2.95 bits per heavy atom. The van der Waals surface area contributed by atoms with E-state index in [2.05, 4.69) is 18.8 Å². The van der Waals surface area contributed by atoms with Gasteiger partial charge in [0.15, 0.2) is 0 Å². The Labute approximate surface area is 127 Å². The second-order valence-electron chi connectivity index (χ2n) is 5.34.